The number of nitrogens with one attached hydrogen (secondary N) is 1. The van der Waals surface area contributed by atoms with E-state index < -0.39 is 18.5 Å². The minimum Gasteiger partial charge on any atom is -0.508 e. The molecule has 0 saturated carbocycles. The summed E-state index contributed by atoms with van der Waals surface area (Å²) in [5, 5.41) is 32.7. The Bertz CT molecular complexity index is 972. The Kier molecular flexibility index (Phi) is 10.3. The Morgan fingerprint density at radius 3 is 2.31 bits per heavy atom. The van der Waals surface area contributed by atoms with E-state index in [1.54, 1.807) is 29.2 Å². The highest BCUT2D eigenvalue weighted by Crippen LogP contribution is 2.23. The summed E-state index contributed by atoms with van der Waals surface area (Å²) in [5.74, 6) is -1.31. The van der Waals surface area contributed by atoms with Crippen molar-refractivity contribution in [3.8, 4) is 5.75 Å². The number of piperidine rings is 1. The molecule has 36 heavy (non-hydrogen) atoms. The van der Waals surface area contributed by atoms with Gasteiger partial charge in [0.1, 0.15) is 12.2 Å². The maximum atomic E-state index is 12.4. The minimum atomic E-state index is -1.11. The van der Waals surface area contributed by atoms with Crippen molar-refractivity contribution in [2.75, 3.05) is 24.5 Å². The molecule has 2 aromatic rings. The van der Waals surface area contributed by atoms with Crippen molar-refractivity contribution in [2.24, 2.45) is 0 Å². The van der Waals surface area contributed by atoms with E-state index in [2.05, 4.69) is 10.2 Å². The number of likely N-dealkylation sites (tertiary alicyclic amines) is 1. The maximum Gasteiger partial charge on any atom is 0.312 e. The van der Waals surface area contributed by atoms with Gasteiger partial charge in [-0.15, -0.1) is 0 Å². The third-order valence-electron chi connectivity index (χ3n) is 6.79. The first kappa shape index (κ1) is 27.6. The zero-order valence-electron chi connectivity index (χ0n) is 21.3. The van der Waals surface area contributed by atoms with E-state index in [-0.39, 0.29) is 17.7 Å². The SMILES string of the molecule is CCCCN(C(=O)CC(=O)O)c1ccc(CN2CCC(N[C@@H](C)[C@H](O)c3ccc(O)cc3)CC2)cc1. The highest BCUT2D eigenvalue weighted by Gasteiger charge is 2.24. The summed E-state index contributed by atoms with van der Waals surface area (Å²) in [6.45, 7) is 7.25. The second-order valence-corrected chi connectivity index (χ2v) is 9.68. The van der Waals surface area contributed by atoms with Gasteiger partial charge in [0, 0.05) is 30.9 Å². The lowest BCUT2D eigenvalue weighted by Gasteiger charge is -2.35. The molecule has 8 nitrogen and oxygen atoms in total. The molecule has 0 aliphatic carbocycles. The Labute approximate surface area is 213 Å². The second kappa shape index (κ2) is 13.4. The number of benzene rings is 2. The number of carboxylic acid groups (broad SMARTS) is 1. The molecule has 2 atom stereocenters. The van der Waals surface area contributed by atoms with Crippen LogP contribution < -0.4 is 10.2 Å². The number of carboxylic acids is 1. The van der Waals surface area contributed by atoms with Gasteiger partial charge in [0.15, 0.2) is 0 Å². The Morgan fingerprint density at radius 1 is 1.08 bits per heavy atom. The number of phenolic OH excluding ortho intramolecular Hbond substituents is 1. The monoisotopic (exact) mass is 497 g/mol. The lowest BCUT2D eigenvalue weighted by molar-refractivity contribution is -0.140. The highest BCUT2D eigenvalue weighted by atomic mass is 16.4. The van der Waals surface area contributed by atoms with Gasteiger partial charge in [-0.1, -0.05) is 37.6 Å². The average Bonchev–Trinajstić information content (AvgIpc) is 2.86. The summed E-state index contributed by atoms with van der Waals surface area (Å²) >= 11 is 0. The lowest BCUT2D eigenvalue weighted by atomic mass is 9.99. The smallest absolute Gasteiger partial charge is 0.312 e. The molecule has 1 aliphatic rings. The zero-order chi connectivity index (χ0) is 26.1. The van der Waals surface area contributed by atoms with Gasteiger partial charge in [-0.2, -0.15) is 0 Å². The molecule has 8 heteroatoms. The molecule has 1 heterocycles. The predicted molar refractivity (Wildman–Crippen MR) is 140 cm³/mol. The maximum absolute atomic E-state index is 12.4. The average molecular weight is 498 g/mol. The topological polar surface area (TPSA) is 113 Å². The molecule has 1 fully saturated rings. The van der Waals surface area contributed by atoms with Crippen molar-refractivity contribution in [3.63, 3.8) is 0 Å². The summed E-state index contributed by atoms with van der Waals surface area (Å²) in [4.78, 5) is 27.4. The molecule has 2 aromatic carbocycles. The molecular weight excluding hydrogens is 458 g/mol. The van der Waals surface area contributed by atoms with Crippen LogP contribution in [0, 0.1) is 0 Å². The second-order valence-electron chi connectivity index (χ2n) is 9.68. The van der Waals surface area contributed by atoms with E-state index in [4.69, 9.17) is 5.11 Å². The fraction of sp³-hybridized carbons (Fsp3) is 0.500. The molecule has 4 N–H and O–H groups in total. The van der Waals surface area contributed by atoms with Crippen LogP contribution in [0.1, 0.15) is 63.2 Å². The van der Waals surface area contributed by atoms with E-state index in [1.807, 2.05) is 38.1 Å². The first-order chi connectivity index (χ1) is 17.3. The Balaban J connectivity index is 1.49. The molecule has 1 saturated heterocycles. The van der Waals surface area contributed by atoms with Crippen LogP contribution in [-0.2, 0) is 16.1 Å². The highest BCUT2D eigenvalue weighted by molar-refractivity contribution is 6.02. The van der Waals surface area contributed by atoms with Crippen LogP contribution in [0.25, 0.3) is 0 Å². The van der Waals surface area contributed by atoms with E-state index in [0.29, 0.717) is 12.6 Å². The van der Waals surface area contributed by atoms with Crippen molar-refractivity contribution in [1.29, 1.82) is 0 Å². The minimum absolute atomic E-state index is 0.0990. The van der Waals surface area contributed by atoms with Gasteiger partial charge in [0.05, 0.1) is 6.10 Å². The molecule has 3 rings (SSSR count). The van der Waals surface area contributed by atoms with Crippen LogP contribution in [0.2, 0.25) is 0 Å². The summed E-state index contributed by atoms with van der Waals surface area (Å²) in [6.07, 6.45) is 2.58. The van der Waals surface area contributed by atoms with Crippen molar-refractivity contribution >= 4 is 17.6 Å². The van der Waals surface area contributed by atoms with Gasteiger partial charge in [0.2, 0.25) is 5.91 Å². The third-order valence-corrected chi connectivity index (χ3v) is 6.79. The Hall–Kier alpha value is -2.94. The number of phenols is 1. The number of amides is 1. The van der Waals surface area contributed by atoms with Gasteiger partial charge in [-0.05, 0) is 74.7 Å². The number of hydrogen-bond acceptors (Lipinski definition) is 6. The molecule has 196 valence electrons. The fourth-order valence-electron chi connectivity index (χ4n) is 4.66. The molecule has 0 radical (unpaired) electrons. The van der Waals surface area contributed by atoms with Gasteiger partial charge in [0.25, 0.3) is 0 Å². The Morgan fingerprint density at radius 2 is 1.72 bits per heavy atom. The number of carbonyl (C=O) groups is 2. The number of aliphatic hydroxyl groups is 1. The van der Waals surface area contributed by atoms with Crippen molar-refractivity contribution in [1.82, 2.24) is 10.2 Å². The van der Waals surface area contributed by atoms with Crippen LogP contribution in [0.4, 0.5) is 5.69 Å². The quantitative estimate of drug-likeness (QED) is 0.331. The molecule has 1 amide bonds. The zero-order valence-corrected chi connectivity index (χ0v) is 21.3. The number of nitrogens with zero attached hydrogens (tertiary/aromatic N) is 2. The molecule has 0 spiro atoms. The summed E-state index contributed by atoms with van der Waals surface area (Å²) < 4.78 is 0. The van der Waals surface area contributed by atoms with E-state index in [9.17, 15) is 19.8 Å². The first-order valence-electron chi connectivity index (χ1n) is 12.8. The van der Waals surface area contributed by atoms with E-state index in [1.165, 1.54) is 0 Å². The predicted octanol–water partition coefficient (Wildman–Crippen LogP) is 3.68. The van der Waals surface area contributed by atoms with E-state index >= 15 is 0 Å². The van der Waals surface area contributed by atoms with Crippen molar-refractivity contribution in [2.45, 2.75) is 70.7 Å². The van der Waals surface area contributed by atoms with Gasteiger partial charge < -0.3 is 25.5 Å². The van der Waals surface area contributed by atoms with Crippen LogP contribution >= 0.6 is 0 Å². The van der Waals surface area contributed by atoms with Gasteiger partial charge >= 0.3 is 5.97 Å². The van der Waals surface area contributed by atoms with E-state index in [0.717, 1.165) is 62.1 Å². The normalized spacial score (nSPS) is 16.4. The van der Waals surface area contributed by atoms with Crippen LogP contribution in [0.15, 0.2) is 48.5 Å². The standard InChI is InChI=1S/C28H39N3O5/c1-3-4-15-31(26(33)18-27(34)35)24-9-5-21(6-10-24)19-30-16-13-23(14-17-30)29-20(2)28(36)22-7-11-25(32)12-8-22/h5-12,20,23,28-29,32,36H,3-4,13-19H2,1-2H3,(H,34,35)/t20-,28-/m0/s1. The molecule has 1 aliphatic heterocycles. The first-order valence-corrected chi connectivity index (χ1v) is 12.8. The summed E-state index contributed by atoms with van der Waals surface area (Å²) in [7, 11) is 0. The lowest BCUT2D eigenvalue weighted by Crippen LogP contribution is -2.46. The third kappa shape index (κ3) is 8.05. The van der Waals surface area contributed by atoms with Crippen molar-refractivity contribution < 1.29 is 24.9 Å². The molecule has 0 aromatic heterocycles. The van der Waals surface area contributed by atoms with Crippen LogP contribution in [0.5, 0.6) is 5.75 Å². The number of aliphatic hydroxyl groups excluding tert-OH is 1. The number of anilines is 1. The number of rotatable bonds is 12. The number of unbranched alkanes of at least 4 members (excludes halogenated alkanes) is 1. The number of hydrogen-bond donors (Lipinski definition) is 4. The number of aromatic hydroxyl groups is 1. The fourth-order valence-corrected chi connectivity index (χ4v) is 4.66. The molecular formula is C28H39N3O5. The summed E-state index contributed by atoms with van der Waals surface area (Å²) in [5.41, 5.74) is 2.68. The van der Waals surface area contributed by atoms with Crippen molar-refractivity contribution in [3.05, 3.63) is 59.7 Å². The summed E-state index contributed by atoms with van der Waals surface area (Å²) in [6, 6.07) is 14.8. The molecule has 0 bridgehead atoms. The van der Waals surface area contributed by atoms with Crippen LogP contribution in [-0.4, -0.2) is 63.8 Å². The number of carbonyl (C=O) groups excluding carboxylic acids is 1. The number of aliphatic carboxylic acids is 1. The largest absolute Gasteiger partial charge is 0.508 e. The van der Waals surface area contributed by atoms with Gasteiger partial charge in [-0.3, -0.25) is 14.5 Å². The van der Waals surface area contributed by atoms with Gasteiger partial charge in [-0.25, -0.2) is 0 Å². The van der Waals surface area contributed by atoms with Crippen LogP contribution in [0.3, 0.4) is 0 Å². The molecule has 0 unspecified atom stereocenters.